The number of rotatable bonds is 6. The summed E-state index contributed by atoms with van der Waals surface area (Å²) in [5.74, 6) is 2.09. The summed E-state index contributed by atoms with van der Waals surface area (Å²) in [6, 6.07) is 0. The van der Waals surface area contributed by atoms with Crippen LogP contribution in [0.2, 0.25) is 0 Å². The molecule has 1 aliphatic rings. The lowest BCUT2D eigenvalue weighted by molar-refractivity contribution is 0.367. The highest BCUT2D eigenvalue weighted by atomic mass is 16.2. The van der Waals surface area contributed by atoms with Crippen molar-refractivity contribution < 1.29 is 0 Å². The Kier molecular flexibility index (Phi) is 5.94. The highest BCUT2D eigenvalue weighted by molar-refractivity contribution is 5.44. The van der Waals surface area contributed by atoms with E-state index >= 15 is 0 Å². The number of hydrogen-bond acceptors (Lipinski definition) is 6. The third kappa shape index (κ3) is 4.21. The maximum atomic E-state index is 12.7. The lowest BCUT2D eigenvalue weighted by Crippen LogP contribution is -2.37. The van der Waals surface area contributed by atoms with E-state index in [0.29, 0.717) is 13.1 Å². The van der Waals surface area contributed by atoms with Crippen molar-refractivity contribution in [3.8, 4) is 0 Å². The summed E-state index contributed by atoms with van der Waals surface area (Å²) in [4.78, 5) is 26.3. The van der Waals surface area contributed by atoms with Crippen LogP contribution in [0.25, 0.3) is 0 Å². The van der Waals surface area contributed by atoms with Crippen molar-refractivity contribution in [3.63, 3.8) is 0 Å². The van der Waals surface area contributed by atoms with Crippen molar-refractivity contribution >= 4 is 5.82 Å². The van der Waals surface area contributed by atoms with Gasteiger partial charge in [0.15, 0.2) is 0 Å². The van der Waals surface area contributed by atoms with Crippen molar-refractivity contribution in [2.75, 3.05) is 38.6 Å². The highest BCUT2D eigenvalue weighted by Crippen LogP contribution is 2.29. The molecular formula is C19H31N7O. The summed E-state index contributed by atoms with van der Waals surface area (Å²) >= 11 is 0. The zero-order valence-electron chi connectivity index (χ0n) is 17.1. The van der Waals surface area contributed by atoms with Crippen molar-refractivity contribution in [1.29, 1.82) is 0 Å². The first-order valence-corrected chi connectivity index (χ1v) is 9.78. The van der Waals surface area contributed by atoms with Crippen LogP contribution in [0.3, 0.4) is 0 Å². The summed E-state index contributed by atoms with van der Waals surface area (Å²) < 4.78 is 3.45. The monoisotopic (exact) mass is 373 g/mol. The third-order valence-corrected chi connectivity index (χ3v) is 5.16. The predicted octanol–water partition coefficient (Wildman–Crippen LogP) is 1.42. The summed E-state index contributed by atoms with van der Waals surface area (Å²) in [7, 11) is 4.01. The molecule has 0 bridgehead atoms. The topological polar surface area (TPSA) is 72.1 Å². The van der Waals surface area contributed by atoms with Crippen molar-refractivity contribution in [1.82, 2.24) is 29.2 Å². The van der Waals surface area contributed by atoms with Gasteiger partial charge in [-0.1, -0.05) is 0 Å². The van der Waals surface area contributed by atoms with E-state index in [1.54, 1.807) is 10.9 Å². The molecular weight excluding hydrogens is 342 g/mol. The fourth-order valence-electron chi connectivity index (χ4n) is 3.70. The molecule has 0 aliphatic carbocycles. The number of aromatic nitrogens is 5. The van der Waals surface area contributed by atoms with Crippen LogP contribution in [0, 0.1) is 13.8 Å². The van der Waals surface area contributed by atoms with Crippen LogP contribution in [0.15, 0.2) is 11.0 Å². The Morgan fingerprint density at radius 2 is 2.07 bits per heavy atom. The summed E-state index contributed by atoms with van der Waals surface area (Å²) in [6.07, 6.45) is 3.91. The number of aryl methyl sites for hydroxylation is 2. The average Bonchev–Trinajstić information content (AvgIpc) is 2.97. The minimum atomic E-state index is -0.00185. The average molecular weight is 374 g/mol. The second kappa shape index (κ2) is 8.21. The molecule has 2 aromatic rings. The zero-order chi connectivity index (χ0) is 19.6. The van der Waals surface area contributed by atoms with Gasteiger partial charge in [0, 0.05) is 38.3 Å². The molecule has 2 aromatic heterocycles. The fraction of sp³-hybridized carbons (Fsp3) is 0.684. The molecule has 8 nitrogen and oxygen atoms in total. The van der Waals surface area contributed by atoms with Gasteiger partial charge in [0.2, 0.25) is 0 Å². The first-order chi connectivity index (χ1) is 12.9. The first kappa shape index (κ1) is 19.5. The molecule has 1 fully saturated rings. The number of piperidine rings is 1. The van der Waals surface area contributed by atoms with E-state index in [9.17, 15) is 4.79 Å². The maximum absolute atomic E-state index is 12.7. The van der Waals surface area contributed by atoms with Crippen LogP contribution >= 0.6 is 0 Å². The number of nitrogens with zero attached hydrogens (tertiary/aromatic N) is 7. The van der Waals surface area contributed by atoms with Crippen LogP contribution in [-0.4, -0.2) is 62.9 Å². The quantitative estimate of drug-likeness (QED) is 0.763. The van der Waals surface area contributed by atoms with Crippen LogP contribution in [0.5, 0.6) is 0 Å². The molecule has 0 amide bonds. The summed E-state index contributed by atoms with van der Waals surface area (Å²) in [5, 5.41) is 4.72. The SMILES string of the molecule is CCn1c([C@H]2CCCN(c3nc(C)cnc3C)C2)nn(CCN(C)C)c1=O. The third-order valence-electron chi connectivity index (χ3n) is 5.16. The number of hydrogen-bond donors (Lipinski definition) is 0. The van der Waals surface area contributed by atoms with Crippen molar-refractivity contribution in [2.45, 2.75) is 52.6 Å². The van der Waals surface area contributed by atoms with Crippen molar-refractivity contribution in [2.24, 2.45) is 0 Å². The molecule has 3 heterocycles. The Morgan fingerprint density at radius 3 is 2.78 bits per heavy atom. The second-order valence-corrected chi connectivity index (χ2v) is 7.62. The van der Waals surface area contributed by atoms with Gasteiger partial charge in [-0.25, -0.2) is 14.5 Å². The molecule has 1 saturated heterocycles. The molecule has 0 unspecified atom stereocenters. The minimum Gasteiger partial charge on any atom is -0.354 e. The smallest absolute Gasteiger partial charge is 0.345 e. The normalized spacial score (nSPS) is 17.7. The van der Waals surface area contributed by atoms with Crippen LogP contribution in [-0.2, 0) is 13.1 Å². The fourth-order valence-corrected chi connectivity index (χ4v) is 3.70. The Balaban J connectivity index is 1.86. The van der Waals surface area contributed by atoms with E-state index in [0.717, 1.165) is 55.5 Å². The van der Waals surface area contributed by atoms with Gasteiger partial charge >= 0.3 is 5.69 Å². The Bertz CT molecular complexity index is 839. The predicted molar refractivity (Wildman–Crippen MR) is 106 cm³/mol. The van der Waals surface area contributed by atoms with Gasteiger partial charge in [-0.15, -0.1) is 0 Å². The molecule has 0 radical (unpaired) electrons. The van der Waals surface area contributed by atoms with E-state index in [-0.39, 0.29) is 11.6 Å². The minimum absolute atomic E-state index is 0.00185. The van der Waals surface area contributed by atoms with E-state index in [2.05, 4.69) is 14.8 Å². The molecule has 0 N–H and O–H groups in total. The first-order valence-electron chi connectivity index (χ1n) is 9.78. The van der Waals surface area contributed by atoms with Crippen LogP contribution in [0.4, 0.5) is 5.82 Å². The van der Waals surface area contributed by atoms with Gasteiger partial charge in [0.1, 0.15) is 11.6 Å². The lowest BCUT2D eigenvalue weighted by Gasteiger charge is -2.33. The van der Waals surface area contributed by atoms with Gasteiger partial charge in [-0.2, -0.15) is 5.10 Å². The molecule has 27 heavy (non-hydrogen) atoms. The lowest BCUT2D eigenvalue weighted by atomic mass is 9.97. The molecule has 1 atom stereocenters. The Labute approximate surface area is 160 Å². The van der Waals surface area contributed by atoms with E-state index in [4.69, 9.17) is 10.1 Å². The second-order valence-electron chi connectivity index (χ2n) is 7.62. The van der Waals surface area contributed by atoms with Crippen LogP contribution < -0.4 is 10.6 Å². The van der Waals surface area contributed by atoms with E-state index < -0.39 is 0 Å². The molecule has 0 aromatic carbocycles. The standard InChI is InChI=1S/C19H31N7O/c1-6-25-18(22-26(19(25)27)11-10-23(4)5)16-8-7-9-24(13-16)17-15(3)20-12-14(2)21-17/h12,16H,6-11,13H2,1-5H3/t16-/m0/s1. The van der Waals surface area contributed by atoms with Crippen molar-refractivity contribution in [3.05, 3.63) is 33.9 Å². The Morgan fingerprint density at radius 1 is 1.30 bits per heavy atom. The van der Waals surface area contributed by atoms with Gasteiger partial charge in [0.05, 0.1) is 17.9 Å². The molecule has 1 aliphatic heterocycles. The Hall–Kier alpha value is -2.22. The summed E-state index contributed by atoms with van der Waals surface area (Å²) in [6.45, 7) is 9.84. The zero-order valence-corrected chi connectivity index (χ0v) is 17.1. The van der Waals surface area contributed by atoms with E-state index in [1.165, 1.54) is 0 Å². The highest BCUT2D eigenvalue weighted by Gasteiger charge is 2.28. The molecule has 148 valence electrons. The number of likely N-dealkylation sites (N-methyl/N-ethyl adjacent to an activating group) is 1. The van der Waals surface area contributed by atoms with Crippen LogP contribution in [0.1, 0.15) is 42.9 Å². The largest absolute Gasteiger partial charge is 0.354 e. The van der Waals surface area contributed by atoms with E-state index in [1.807, 2.05) is 39.4 Å². The summed E-state index contributed by atoms with van der Waals surface area (Å²) in [5.41, 5.74) is 1.87. The molecule has 8 heteroatoms. The maximum Gasteiger partial charge on any atom is 0.345 e. The molecule has 0 saturated carbocycles. The van der Waals surface area contributed by atoms with Gasteiger partial charge < -0.3 is 9.80 Å². The van der Waals surface area contributed by atoms with Gasteiger partial charge in [-0.05, 0) is 47.7 Å². The van der Waals surface area contributed by atoms with Gasteiger partial charge in [-0.3, -0.25) is 9.55 Å². The molecule has 0 spiro atoms. The molecule has 3 rings (SSSR count). The van der Waals surface area contributed by atoms with Gasteiger partial charge in [0.25, 0.3) is 0 Å². The number of anilines is 1.